The van der Waals surface area contributed by atoms with Gasteiger partial charge in [-0.05, 0) is 19.1 Å². The molecule has 1 N–H and O–H groups in total. The Kier molecular flexibility index (Phi) is 3.00. The zero-order chi connectivity index (χ0) is 13.9. The van der Waals surface area contributed by atoms with Crippen molar-refractivity contribution < 1.29 is 9.32 Å². The van der Waals surface area contributed by atoms with Crippen LogP contribution in [0.3, 0.4) is 0 Å². The minimum atomic E-state index is -0.334. The number of amides is 1. The van der Waals surface area contributed by atoms with Gasteiger partial charge in [0, 0.05) is 18.5 Å². The van der Waals surface area contributed by atoms with Gasteiger partial charge in [-0.3, -0.25) is 9.36 Å². The number of carbonyl (C=O) groups excluding carboxylic acids is 1. The molecule has 0 unspecified atom stereocenters. The molecule has 0 fully saturated rings. The molecule has 1 amide bonds. The Morgan fingerprint density at radius 2 is 2.30 bits per heavy atom. The van der Waals surface area contributed by atoms with Gasteiger partial charge in [0.1, 0.15) is 17.9 Å². The van der Waals surface area contributed by atoms with Crippen molar-refractivity contribution in [3.05, 3.63) is 54.6 Å². The van der Waals surface area contributed by atoms with Gasteiger partial charge in [-0.15, -0.1) is 0 Å². The van der Waals surface area contributed by atoms with E-state index in [9.17, 15) is 4.79 Å². The van der Waals surface area contributed by atoms with E-state index in [1.807, 2.05) is 0 Å². The molecule has 7 heteroatoms. The first-order valence-corrected chi connectivity index (χ1v) is 5.91. The summed E-state index contributed by atoms with van der Waals surface area (Å²) in [6, 6.07) is 5.11. The van der Waals surface area contributed by atoms with Crippen LogP contribution in [0.25, 0.3) is 5.82 Å². The molecule has 3 aromatic rings. The first kappa shape index (κ1) is 12.1. The fourth-order valence-corrected chi connectivity index (χ4v) is 1.68. The van der Waals surface area contributed by atoms with E-state index in [0.717, 1.165) is 5.82 Å². The number of imidazole rings is 1. The maximum atomic E-state index is 11.9. The molecule has 0 atom stereocenters. The molecule has 3 aromatic heterocycles. The summed E-state index contributed by atoms with van der Waals surface area (Å²) in [5.41, 5.74) is 0.820. The monoisotopic (exact) mass is 269 g/mol. The molecule has 0 saturated heterocycles. The average Bonchev–Trinajstić information content (AvgIpc) is 3.10. The predicted octanol–water partition coefficient (Wildman–Crippen LogP) is 1.82. The molecule has 0 saturated carbocycles. The number of nitrogens with one attached hydrogen (secondary N) is 1. The van der Waals surface area contributed by atoms with Gasteiger partial charge in [-0.25, -0.2) is 9.97 Å². The number of nitrogens with zero attached hydrogens (tertiary/aromatic N) is 4. The van der Waals surface area contributed by atoms with Crippen LogP contribution < -0.4 is 5.32 Å². The molecular formula is C13H11N5O2. The van der Waals surface area contributed by atoms with E-state index >= 15 is 0 Å². The molecule has 7 nitrogen and oxygen atoms in total. The summed E-state index contributed by atoms with van der Waals surface area (Å²) in [6.07, 6.45) is 6.68. The highest BCUT2D eigenvalue weighted by Crippen LogP contribution is 2.11. The number of carbonyl (C=O) groups is 1. The van der Waals surface area contributed by atoms with Gasteiger partial charge < -0.3 is 9.84 Å². The summed E-state index contributed by atoms with van der Waals surface area (Å²) >= 11 is 0. The summed E-state index contributed by atoms with van der Waals surface area (Å²) in [7, 11) is 0. The Labute approximate surface area is 114 Å². The van der Waals surface area contributed by atoms with Gasteiger partial charge >= 0.3 is 0 Å². The summed E-state index contributed by atoms with van der Waals surface area (Å²) in [6.45, 7) is 1.73. The number of hydrogen-bond acceptors (Lipinski definition) is 5. The largest absolute Gasteiger partial charge is 0.361 e. The molecule has 20 heavy (non-hydrogen) atoms. The molecule has 3 rings (SSSR count). The lowest BCUT2D eigenvalue weighted by molar-refractivity contribution is 0.101. The fourth-order valence-electron chi connectivity index (χ4n) is 1.68. The third-order valence-corrected chi connectivity index (χ3v) is 2.64. The molecule has 0 aromatic carbocycles. The van der Waals surface area contributed by atoms with Crippen LogP contribution in [0.15, 0.2) is 47.6 Å². The third kappa shape index (κ3) is 2.41. The number of hydrogen-bond donors (Lipinski definition) is 1. The van der Waals surface area contributed by atoms with Crippen LogP contribution in [0.1, 0.15) is 16.2 Å². The van der Waals surface area contributed by atoms with Gasteiger partial charge in [0.15, 0.2) is 5.69 Å². The Balaban J connectivity index is 1.74. The van der Waals surface area contributed by atoms with Crippen molar-refractivity contribution in [1.82, 2.24) is 19.7 Å². The Hall–Kier alpha value is -2.96. The quantitative estimate of drug-likeness (QED) is 0.783. The smallest absolute Gasteiger partial charge is 0.277 e. The summed E-state index contributed by atoms with van der Waals surface area (Å²) in [4.78, 5) is 20.0. The van der Waals surface area contributed by atoms with E-state index in [-0.39, 0.29) is 11.6 Å². The van der Waals surface area contributed by atoms with Crippen molar-refractivity contribution >= 4 is 11.6 Å². The van der Waals surface area contributed by atoms with Crippen LogP contribution in [0.5, 0.6) is 0 Å². The minimum absolute atomic E-state index is 0.237. The Morgan fingerprint density at radius 3 is 2.90 bits per heavy atom. The topological polar surface area (TPSA) is 85.8 Å². The van der Waals surface area contributed by atoms with Gasteiger partial charge in [0.25, 0.3) is 5.91 Å². The van der Waals surface area contributed by atoms with E-state index in [1.54, 1.807) is 54.6 Å². The highest BCUT2D eigenvalue weighted by molar-refractivity contribution is 6.02. The lowest BCUT2D eigenvalue weighted by atomic mass is 10.3. The zero-order valence-electron chi connectivity index (χ0n) is 10.6. The molecule has 0 aliphatic rings. The molecule has 0 aliphatic carbocycles. The van der Waals surface area contributed by atoms with E-state index in [4.69, 9.17) is 4.52 Å². The first-order valence-electron chi connectivity index (χ1n) is 5.91. The number of aryl methyl sites for hydroxylation is 1. The fraction of sp³-hybridized carbons (Fsp3) is 0.0769. The van der Waals surface area contributed by atoms with Crippen LogP contribution in [0, 0.1) is 6.92 Å². The van der Waals surface area contributed by atoms with Gasteiger partial charge in [-0.2, -0.15) is 0 Å². The molecule has 100 valence electrons. The van der Waals surface area contributed by atoms with E-state index in [2.05, 4.69) is 20.4 Å². The van der Waals surface area contributed by atoms with Crippen molar-refractivity contribution in [2.45, 2.75) is 6.92 Å². The minimum Gasteiger partial charge on any atom is -0.361 e. The van der Waals surface area contributed by atoms with Gasteiger partial charge in [-0.1, -0.05) is 5.16 Å². The molecule has 3 heterocycles. The molecular weight excluding hydrogens is 258 g/mol. The van der Waals surface area contributed by atoms with Crippen LogP contribution >= 0.6 is 0 Å². The lowest BCUT2D eigenvalue weighted by Crippen LogP contribution is -2.12. The maximum Gasteiger partial charge on any atom is 0.277 e. The van der Waals surface area contributed by atoms with Crippen LogP contribution in [0.2, 0.25) is 0 Å². The normalized spacial score (nSPS) is 10.4. The van der Waals surface area contributed by atoms with Crippen molar-refractivity contribution in [1.29, 1.82) is 0 Å². The summed E-state index contributed by atoms with van der Waals surface area (Å²) < 4.78 is 6.63. The van der Waals surface area contributed by atoms with Crippen molar-refractivity contribution in [3.8, 4) is 5.82 Å². The number of aromatic nitrogens is 4. The van der Waals surface area contributed by atoms with E-state index < -0.39 is 0 Å². The first-order chi connectivity index (χ1) is 9.72. The molecule has 0 spiro atoms. The number of pyridine rings is 1. The SMILES string of the molecule is Cc1cc(C(=O)Nc2ccc(-n3ccnc3)nc2)no1. The van der Waals surface area contributed by atoms with Gasteiger partial charge in [0.2, 0.25) is 0 Å². The lowest BCUT2D eigenvalue weighted by Gasteiger charge is -2.04. The second kappa shape index (κ2) is 4.96. The Morgan fingerprint density at radius 1 is 1.40 bits per heavy atom. The third-order valence-electron chi connectivity index (χ3n) is 2.64. The Bertz CT molecular complexity index is 716. The van der Waals surface area contributed by atoms with Gasteiger partial charge in [0.05, 0.1) is 11.9 Å². The van der Waals surface area contributed by atoms with Crippen molar-refractivity contribution in [3.63, 3.8) is 0 Å². The maximum absolute atomic E-state index is 11.9. The predicted molar refractivity (Wildman–Crippen MR) is 70.6 cm³/mol. The highest BCUT2D eigenvalue weighted by atomic mass is 16.5. The van der Waals surface area contributed by atoms with E-state index in [1.165, 1.54) is 0 Å². The zero-order valence-corrected chi connectivity index (χ0v) is 10.6. The van der Waals surface area contributed by atoms with Crippen molar-refractivity contribution in [2.75, 3.05) is 5.32 Å². The molecule has 0 bridgehead atoms. The number of anilines is 1. The average molecular weight is 269 g/mol. The van der Waals surface area contributed by atoms with Crippen molar-refractivity contribution in [2.24, 2.45) is 0 Å². The van der Waals surface area contributed by atoms with Crippen LogP contribution in [0.4, 0.5) is 5.69 Å². The second-order valence-corrected chi connectivity index (χ2v) is 4.15. The molecule has 0 aliphatic heterocycles. The second-order valence-electron chi connectivity index (χ2n) is 4.15. The van der Waals surface area contributed by atoms with E-state index in [0.29, 0.717) is 11.4 Å². The highest BCUT2D eigenvalue weighted by Gasteiger charge is 2.11. The summed E-state index contributed by atoms with van der Waals surface area (Å²) in [5, 5.41) is 6.35. The number of rotatable bonds is 3. The van der Waals surface area contributed by atoms with Crippen LogP contribution in [-0.2, 0) is 0 Å². The molecule has 0 radical (unpaired) electrons. The van der Waals surface area contributed by atoms with Crippen LogP contribution in [-0.4, -0.2) is 25.6 Å². The standard InChI is InChI=1S/C13H11N5O2/c1-9-6-11(17-20-9)13(19)16-10-2-3-12(15-7-10)18-5-4-14-8-18/h2-8H,1H3,(H,16,19). The summed E-state index contributed by atoms with van der Waals surface area (Å²) in [5.74, 6) is 0.973.